The molecule has 116 valence electrons. The Morgan fingerprint density at radius 2 is 1.95 bits per heavy atom. The second-order valence-corrected chi connectivity index (χ2v) is 6.16. The summed E-state index contributed by atoms with van der Waals surface area (Å²) in [6.45, 7) is 4.25. The number of halogens is 1. The molecule has 0 saturated heterocycles. The Balaban J connectivity index is 1.85. The van der Waals surface area contributed by atoms with Crippen LogP contribution in [-0.2, 0) is 14.1 Å². The van der Waals surface area contributed by atoms with E-state index in [1.807, 2.05) is 49.4 Å². The molecule has 5 nitrogen and oxygen atoms in total. The molecule has 0 bridgehead atoms. The van der Waals surface area contributed by atoms with Crippen LogP contribution in [0.1, 0.15) is 37.3 Å². The lowest BCUT2D eigenvalue weighted by molar-refractivity contribution is 0.468. The van der Waals surface area contributed by atoms with E-state index >= 15 is 0 Å². The van der Waals surface area contributed by atoms with Gasteiger partial charge in [0.15, 0.2) is 0 Å². The number of benzene rings is 1. The van der Waals surface area contributed by atoms with Crippen LogP contribution in [0.15, 0.2) is 30.6 Å². The molecule has 0 unspecified atom stereocenters. The molecule has 0 aliphatic rings. The Bertz CT molecular complexity index is 804. The van der Waals surface area contributed by atoms with Crippen LogP contribution in [0.5, 0.6) is 0 Å². The zero-order valence-electron chi connectivity index (χ0n) is 13.2. The Labute approximate surface area is 134 Å². The average Bonchev–Trinajstić information content (AvgIpc) is 3.03. The molecule has 3 rings (SSSR count). The van der Waals surface area contributed by atoms with Crippen molar-refractivity contribution in [3.05, 3.63) is 47.0 Å². The molecule has 3 aromatic rings. The van der Waals surface area contributed by atoms with Gasteiger partial charge in [0.1, 0.15) is 5.82 Å². The summed E-state index contributed by atoms with van der Waals surface area (Å²) in [4.78, 5) is 4.72. The summed E-state index contributed by atoms with van der Waals surface area (Å²) in [5.74, 6) is 0.994. The van der Waals surface area contributed by atoms with E-state index in [1.165, 1.54) is 0 Å². The number of nitrogens with one attached hydrogen (secondary N) is 1. The van der Waals surface area contributed by atoms with E-state index < -0.39 is 0 Å². The van der Waals surface area contributed by atoms with Crippen molar-refractivity contribution in [1.82, 2.24) is 24.6 Å². The molecule has 0 spiro atoms. The van der Waals surface area contributed by atoms with Gasteiger partial charge in [0, 0.05) is 36.9 Å². The maximum atomic E-state index is 6.05. The molecule has 0 radical (unpaired) electrons. The first kappa shape index (κ1) is 15.1. The van der Waals surface area contributed by atoms with Crippen LogP contribution in [0.2, 0.25) is 5.02 Å². The van der Waals surface area contributed by atoms with Crippen LogP contribution in [-0.4, -0.2) is 19.3 Å². The van der Waals surface area contributed by atoms with Crippen LogP contribution >= 0.6 is 11.6 Å². The van der Waals surface area contributed by atoms with Crippen LogP contribution in [0.3, 0.4) is 0 Å². The Hall–Kier alpha value is -1.85. The fourth-order valence-corrected chi connectivity index (χ4v) is 2.95. The summed E-state index contributed by atoms with van der Waals surface area (Å²) in [7, 11) is 3.96. The van der Waals surface area contributed by atoms with E-state index in [9.17, 15) is 0 Å². The molecular formula is C16H20ClN5. The first-order valence-electron chi connectivity index (χ1n) is 7.32. The van der Waals surface area contributed by atoms with Gasteiger partial charge in [-0.05, 0) is 32.0 Å². The van der Waals surface area contributed by atoms with Crippen molar-refractivity contribution in [3.8, 4) is 0 Å². The van der Waals surface area contributed by atoms with E-state index in [0.29, 0.717) is 5.02 Å². The van der Waals surface area contributed by atoms with Gasteiger partial charge in [0.05, 0.1) is 23.3 Å². The normalized spacial score (nSPS) is 14.4. The van der Waals surface area contributed by atoms with Gasteiger partial charge in [-0.25, -0.2) is 4.98 Å². The van der Waals surface area contributed by atoms with Crippen molar-refractivity contribution in [2.75, 3.05) is 0 Å². The van der Waals surface area contributed by atoms with Gasteiger partial charge in [-0.1, -0.05) is 11.6 Å². The number of hydrogen-bond donors (Lipinski definition) is 1. The predicted octanol–water partition coefficient (Wildman–Crippen LogP) is 3.37. The molecule has 0 amide bonds. The second kappa shape index (κ2) is 5.74. The van der Waals surface area contributed by atoms with E-state index in [2.05, 4.69) is 28.8 Å². The van der Waals surface area contributed by atoms with Crippen molar-refractivity contribution in [1.29, 1.82) is 0 Å². The molecule has 0 saturated carbocycles. The van der Waals surface area contributed by atoms with Gasteiger partial charge in [-0.2, -0.15) is 5.10 Å². The summed E-state index contributed by atoms with van der Waals surface area (Å²) < 4.78 is 3.93. The number of fused-ring (bicyclic) bond motifs is 1. The van der Waals surface area contributed by atoms with Crippen molar-refractivity contribution in [3.63, 3.8) is 0 Å². The molecule has 2 heterocycles. The summed E-state index contributed by atoms with van der Waals surface area (Å²) >= 11 is 6.05. The number of hydrogen-bond acceptors (Lipinski definition) is 3. The number of imidazole rings is 1. The maximum absolute atomic E-state index is 6.05. The number of aromatic nitrogens is 4. The van der Waals surface area contributed by atoms with E-state index in [1.54, 1.807) is 0 Å². The van der Waals surface area contributed by atoms with Gasteiger partial charge in [-0.3, -0.25) is 4.68 Å². The summed E-state index contributed by atoms with van der Waals surface area (Å²) in [5.41, 5.74) is 3.17. The zero-order chi connectivity index (χ0) is 15.9. The third-order valence-corrected chi connectivity index (χ3v) is 4.22. The maximum Gasteiger partial charge on any atom is 0.126 e. The second-order valence-electron chi connectivity index (χ2n) is 5.72. The molecule has 2 aromatic heterocycles. The van der Waals surface area contributed by atoms with Crippen LogP contribution in [0.4, 0.5) is 0 Å². The highest BCUT2D eigenvalue weighted by Gasteiger charge is 2.17. The quantitative estimate of drug-likeness (QED) is 0.802. The fraction of sp³-hybridized carbons (Fsp3) is 0.375. The summed E-state index contributed by atoms with van der Waals surface area (Å²) in [6, 6.07) is 6.12. The van der Waals surface area contributed by atoms with Gasteiger partial charge in [0.25, 0.3) is 0 Å². The van der Waals surface area contributed by atoms with Crippen molar-refractivity contribution in [2.24, 2.45) is 14.1 Å². The van der Waals surface area contributed by atoms with E-state index in [0.717, 1.165) is 22.4 Å². The summed E-state index contributed by atoms with van der Waals surface area (Å²) in [6.07, 6.45) is 3.91. The number of rotatable bonds is 4. The number of nitrogens with zero attached hydrogens (tertiary/aromatic N) is 4. The first-order chi connectivity index (χ1) is 10.5. The van der Waals surface area contributed by atoms with Crippen LogP contribution < -0.4 is 5.32 Å². The molecule has 1 N–H and O–H groups in total. The molecule has 6 heteroatoms. The largest absolute Gasteiger partial charge is 0.330 e. The van der Waals surface area contributed by atoms with E-state index in [4.69, 9.17) is 16.6 Å². The average molecular weight is 318 g/mol. The fourth-order valence-electron chi connectivity index (χ4n) is 2.79. The molecular weight excluding hydrogens is 298 g/mol. The topological polar surface area (TPSA) is 47.7 Å². The van der Waals surface area contributed by atoms with Gasteiger partial charge < -0.3 is 9.88 Å². The SMILES string of the molecule is C[C@H](N[C@H](C)c1cnn(C)c1)c1nc2cc(Cl)ccc2n1C. The highest BCUT2D eigenvalue weighted by molar-refractivity contribution is 6.31. The first-order valence-corrected chi connectivity index (χ1v) is 7.70. The third-order valence-electron chi connectivity index (χ3n) is 3.99. The monoisotopic (exact) mass is 317 g/mol. The Kier molecular flexibility index (Phi) is 3.93. The lowest BCUT2D eigenvalue weighted by Gasteiger charge is -2.19. The minimum Gasteiger partial charge on any atom is -0.330 e. The predicted molar refractivity (Wildman–Crippen MR) is 88.9 cm³/mol. The Morgan fingerprint density at radius 1 is 1.18 bits per heavy atom. The zero-order valence-corrected chi connectivity index (χ0v) is 14.0. The lowest BCUT2D eigenvalue weighted by Crippen LogP contribution is -2.24. The molecule has 22 heavy (non-hydrogen) atoms. The minimum absolute atomic E-state index is 0.117. The molecule has 0 fully saturated rings. The highest BCUT2D eigenvalue weighted by Crippen LogP contribution is 2.24. The van der Waals surface area contributed by atoms with Crippen molar-refractivity contribution in [2.45, 2.75) is 25.9 Å². The smallest absolute Gasteiger partial charge is 0.126 e. The Morgan fingerprint density at radius 3 is 2.64 bits per heavy atom. The number of aryl methyl sites for hydroxylation is 2. The van der Waals surface area contributed by atoms with Gasteiger partial charge >= 0.3 is 0 Å². The third kappa shape index (κ3) is 2.74. The van der Waals surface area contributed by atoms with Crippen molar-refractivity contribution < 1.29 is 0 Å². The standard InChI is InChI=1S/C16H20ClN5/c1-10(12-8-18-21(3)9-12)19-11(2)16-20-14-7-13(17)5-6-15(14)22(16)4/h5-11,19H,1-4H3/t10-,11+/m1/s1. The summed E-state index contributed by atoms with van der Waals surface area (Å²) in [5, 5.41) is 8.50. The van der Waals surface area contributed by atoms with Gasteiger partial charge in [-0.15, -0.1) is 0 Å². The van der Waals surface area contributed by atoms with Gasteiger partial charge in [0.2, 0.25) is 0 Å². The highest BCUT2D eigenvalue weighted by atomic mass is 35.5. The molecule has 0 aliphatic heterocycles. The molecule has 2 atom stereocenters. The molecule has 0 aliphatic carbocycles. The van der Waals surface area contributed by atoms with Crippen molar-refractivity contribution >= 4 is 22.6 Å². The van der Waals surface area contributed by atoms with Crippen LogP contribution in [0, 0.1) is 0 Å². The molecule has 1 aromatic carbocycles. The minimum atomic E-state index is 0.117. The lowest BCUT2D eigenvalue weighted by atomic mass is 10.1. The van der Waals surface area contributed by atoms with E-state index in [-0.39, 0.29) is 12.1 Å². The van der Waals surface area contributed by atoms with Crippen LogP contribution in [0.25, 0.3) is 11.0 Å².